The zero-order chi connectivity index (χ0) is 24.9. The second-order valence-electron chi connectivity index (χ2n) is 6.56. The van der Waals surface area contributed by atoms with Crippen LogP contribution in [-0.2, 0) is 6.18 Å². The molecule has 3 aromatic rings. The van der Waals surface area contributed by atoms with E-state index in [-0.39, 0.29) is 46.7 Å². The fourth-order valence-corrected chi connectivity index (χ4v) is 3.41. The van der Waals surface area contributed by atoms with Crippen LogP contribution in [0.5, 0.6) is 5.75 Å². The number of nitrogens with zero attached hydrogens (tertiary/aromatic N) is 3. The van der Waals surface area contributed by atoms with Crippen molar-refractivity contribution >= 4 is 40.0 Å². The molecule has 0 atom stereocenters. The first-order valence-corrected chi connectivity index (χ1v) is 10.1. The van der Waals surface area contributed by atoms with Gasteiger partial charge in [-0.1, -0.05) is 0 Å². The van der Waals surface area contributed by atoms with E-state index in [1.807, 2.05) is 0 Å². The van der Waals surface area contributed by atoms with Crippen molar-refractivity contribution in [1.82, 2.24) is 19.7 Å². The lowest BCUT2D eigenvalue weighted by Crippen LogP contribution is -2.26. The van der Waals surface area contributed by atoms with Crippen LogP contribution in [0.15, 0.2) is 30.6 Å². The van der Waals surface area contributed by atoms with Crippen LogP contribution in [0.3, 0.4) is 0 Å². The number of amides is 2. The molecule has 180 valence electrons. The van der Waals surface area contributed by atoms with Crippen molar-refractivity contribution in [2.45, 2.75) is 13.1 Å². The molecule has 15 heteroatoms. The molecule has 2 amide bonds. The largest absolute Gasteiger partial charge is 0.489 e. The molecule has 2 aromatic heterocycles. The van der Waals surface area contributed by atoms with Gasteiger partial charge in [-0.05, 0) is 30.6 Å². The van der Waals surface area contributed by atoms with Crippen LogP contribution in [-0.4, -0.2) is 44.6 Å². The summed E-state index contributed by atoms with van der Waals surface area (Å²) in [5.74, 6) is -1.88. The van der Waals surface area contributed by atoms with Gasteiger partial charge in [0.05, 0.1) is 30.2 Å². The van der Waals surface area contributed by atoms with Gasteiger partial charge in [0.2, 0.25) is 0 Å². The van der Waals surface area contributed by atoms with E-state index in [9.17, 15) is 27.2 Å². The molecule has 1 aromatic carbocycles. The maximum absolute atomic E-state index is 14.3. The number of carboxylic acid groups (broad SMARTS) is 1. The molecule has 4 N–H and O–H groups in total. The second-order valence-corrected chi connectivity index (χ2v) is 7.34. The number of benzene rings is 1. The number of aryl methyl sites for hydroxylation is 1. The zero-order valence-electron chi connectivity index (χ0n) is 17.2. The van der Waals surface area contributed by atoms with Gasteiger partial charge in [0.15, 0.2) is 17.3 Å². The lowest BCUT2D eigenvalue weighted by Gasteiger charge is -2.11. The van der Waals surface area contributed by atoms with E-state index in [0.717, 1.165) is 23.8 Å². The minimum Gasteiger partial charge on any atom is -0.489 e. The minimum absolute atomic E-state index is 0.0321. The van der Waals surface area contributed by atoms with Gasteiger partial charge >= 0.3 is 12.3 Å². The summed E-state index contributed by atoms with van der Waals surface area (Å²) in [5, 5.41) is 15.8. The lowest BCUT2D eigenvalue weighted by atomic mass is 10.2. The molecule has 0 fully saturated rings. The number of hydrogen-bond acceptors (Lipinski definition) is 8. The Balaban J connectivity index is 1.71. The molecule has 0 aliphatic heterocycles. The number of nitrogens with one attached hydrogen (secondary N) is 3. The Labute approximate surface area is 193 Å². The van der Waals surface area contributed by atoms with Crippen molar-refractivity contribution in [3.05, 3.63) is 53.4 Å². The first kappa shape index (κ1) is 24.6. The van der Waals surface area contributed by atoms with Gasteiger partial charge in [-0.15, -0.1) is 0 Å². The average Bonchev–Trinajstić information content (AvgIpc) is 3.12. The van der Waals surface area contributed by atoms with Crippen LogP contribution in [0, 0.1) is 12.7 Å². The number of anilines is 3. The van der Waals surface area contributed by atoms with Gasteiger partial charge < -0.3 is 25.8 Å². The number of aromatic nitrogens is 3. The molecule has 0 unspecified atom stereocenters. The van der Waals surface area contributed by atoms with E-state index in [1.54, 1.807) is 0 Å². The number of ether oxygens (including phenoxy) is 1. The Morgan fingerprint density at radius 2 is 2.00 bits per heavy atom. The molecule has 0 saturated carbocycles. The third-order valence-electron chi connectivity index (χ3n) is 4.08. The van der Waals surface area contributed by atoms with Crippen molar-refractivity contribution in [3.63, 3.8) is 0 Å². The third-order valence-corrected chi connectivity index (χ3v) is 4.94. The van der Waals surface area contributed by atoms with Crippen molar-refractivity contribution < 1.29 is 37.0 Å². The normalized spacial score (nSPS) is 11.1. The predicted octanol–water partition coefficient (Wildman–Crippen LogP) is 4.04. The highest BCUT2D eigenvalue weighted by Crippen LogP contribution is 2.31. The van der Waals surface area contributed by atoms with Crippen LogP contribution in [0.1, 0.15) is 21.7 Å². The molecular formula is C19H16F4N6O4S. The smallest absolute Gasteiger partial charge is 0.434 e. The Kier molecular flexibility index (Phi) is 7.45. The number of halogens is 4. The van der Waals surface area contributed by atoms with Gasteiger partial charge in [-0.3, -0.25) is 9.78 Å². The minimum atomic E-state index is -4.69. The van der Waals surface area contributed by atoms with Crippen LogP contribution in [0.2, 0.25) is 0 Å². The van der Waals surface area contributed by atoms with Crippen molar-refractivity contribution in [2.24, 2.45) is 0 Å². The predicted molar refractivity (Wildman–Crippen MR) is 113 cm³/mol. The SMILES string of the molecule is Cc1nsc(Nc2cncc(C(F)(F)F)n2)c1C(=O)Nc1ccc(OCCNC(=O)O)c(F)c1. The fraction of sp³-hybridized carbons (Fsp3) is 0.211. The number of hydrogen-bond donors (Lipinski definition) is 4. The Morgan fingerprint density at radius 1 is 1.24 bits per heavy atom. The summed E-state index contributed by atoms with van der Waals surface area (Å²) in [7, 11) is 0. The molecule has 3 rings (SSSR count). The summed E-state index contributed by atoms with van der Waals surface area (Å²) in [4.78, 5) is 30.1. The first-order chi connectivity index (χ1) is 16.0. The molecule has 0 bridgehead atoms. The summed E-state index contributed by atoms with van der Waals surface area (Å²) in [6.07, 6.45) is -4.30. The molecule has 0 saturated heterocycles. The summed E-state index contributed by atoms with van der Waals surface area (Å²) >= 11 is 0.829. The van der Waals surface area contributed by atoms with Crippen LogP contribution in [0.25, 0.3) is 0 Å². The second kappa shape index (κ2) is 10.3. The Bertz CT molecular complexity index is 1200. The molecule has 2 heterocycles. The summed E-state index contributed by atoms with van der Waals surface area (Å²) in [6.45, 7) is 1.36. The number of rotatable bonds is 8. The standard InChI is InChI=1S/C19H16F4N6O4S/c1-9-15(17(34-29-9)28-14-8-24-7-13(27-14)19(21,22)23)16(30)26-10-2-3-12(11(20)6-10)33-5-4-25-18(31)32/h2-3,6-8,25H,4-5H2,1H3,(H,26,30)(H,27,28)(H,31,32). The summed E-state index contributed by atoms with van der Waals surface area (Å²) < 4.78 is 62.0. The van der Waals surface area contributed by atoms with Gasteiger partial charge in [0.1, 0.15) is 17.4 Å². The maximum Gasteiger partial charge on any atom is 0.434 e. The molecule has 0 radical (unpaired) electrons. The van der Waals surface area contributed by atoms with Gasteiger partial charge in [-0.2, -0.15) is 17.5 Å². The first-order valence-electron chi connectivity index (χ1n) is 9.37. The Hall–Kier alpha value is -4.01. The summed E-state index contributed by atoms with van der Waals surface area (Å²) in [5.41, 5.74) is -0.809. The molecule has 0 aliphatic rings. The highest BCUT2D eigenvalue weighted by atomic mass is 32.1. The third kappa shape index (κ3) is 6.28. The number of alkyl halides is 3. The van der Waals surface area contributed by atoms with E-state index >= 15 is 0 Å². The van der Waals surface area contributed by atoms with E-state index in [2.05, 4.69) is 30.3 Å². The highest BCUT2D eigenvalue weighted by Gasteiger charge is 2.33. The van der Waals surface area contributed by atoms with Crippen LogP contribution < -0.4 is 20.7 Å². The van der Waals surface area contributed by atoms with Crippen LogP contribution in [0.4, 0.5) is 38.9 Å². The Morgan fingerprint density at radius 3 is 2.68 bits per heavy atom. The van der Waals surface area contributed by atoms with E-state index < -0.39 is 29.7 Å². The van der Waals surface area contributed by atoms with Gasteiger partial charge in [-0.25, -0.2) is 14.2 Å². The zero-order valence-corrected chi connectivity index (χ0v) is 18.1. The molecular weight excluding hydrogens is 484 g/mol. The summed E-state index contributed by atoms with van der Waals surface area (Å²) in [6, 6.07) is 3.61. The van der Waals surface area contributed by atoms with Gasteiger partial charge in [0.25, 0.3) is 5.91 Å². The quantitative estimate of drug-likeness (QED) is 0.269. The topological polar surface area (TPSA) is 138 Å². The van der Waals surface area contributed by atoms with Crippen molar-refractivity contribution in [3.8, 4) is 5.75 Å². The molecule has 0 aliphatic carbocycles. The molecule has 34 heavy (non-hydrogen) atoms. The molecule has 10 nitrogen and oxygen atoms in total. The van der Waals surface area contributed by atoms with E-state index in [0.29, 0.717) is 6.20 Å². The monoisotopic (exact) mass is 500 g/mol. The highest BCUT2D eigenvalue weighted by molar-refractivity contribution is 7.10. The van der Waals surface area contributed by atoms with Gasteiger partial charge in [0, 0.05) is 11.8 Å². The maximum atomic E-state index is 14.3. The van der Waals surface area contributed by atoms with Crippen LogP contribution >= 0.6 is 11.5 Å². The van der Waals surface area contributed by atoms with E-state index in [4.69, 9.17) is 9.84 Å². The average molecular weight is 500 g/mol. The number of carbonyl (C=O) groups excluding carboxylic acids is 1. The number of carbonyl (C=O) groups is 2. The van der Waals surface area contributed by atoms with E-state index in [1.165, 1.54) is 19.1 Å². The fourth-order valence-electron chi connectivity index (χ4n) is 2.61. The van der Waals surface area contributed by atoms with Crippen molar-refractivity contribution in [2.75, 3.05) is 23.8 Å². The van der Waals surface area contributed by atoms with Crippen molar-refractivity contribution in [1.29, 1.82) is 0 Å². The molecule has 0 spiro atoms. The lowest BCUT2D eigenvalue weighted by molar-refractivity contribution is -0.141.